The Morgan fingerprint density at radius 1 is 0.400 bits per heavy atom. The molecule has 130 heavy (non-hydrogen) atoms. The molecule has 0 bridgehead atoms. The molecule has 0 aliphatic heterocycles. The highest BCUT2D eigenvalue weighted by molar-refractivity contribution is 7.98. The number of nitrogens with two attached hydrogens (primary N) is 8. The van der Waals surface area contributed by atoms with Gasteiger partial charge in [-0.3, -0.25) is 88.1 Å². The summed E-state index contributed by atoms with van der Waals surface area (Å²) in [5.74, 6) is -18.8. The average molecular weight is 1850 g/mol. The Labute approximate surface area is 758 Å². The number of aliphatic hydroxyl groups excluding tert-OH is 1. The van der Waals surface area contributed by atoms with Gasteiger partial charge in [-0.25, -0.2) is 4.79 Å². The maximum atomic E-state index is 15.3. The van der Waals surface area contributed by atoms with Crippen LogP contribution in [0.4, 0.5) is 0 Å². The summed E-state index contributed by atoms with van der Waals surface area (Å²) >= 11 is 1.21. The van der Waals surface area contributed by atoms with Crippen molar-refractivity contribution in [1.82, 2.24) is 90.1 Å². The summed E-state index contributed by atoms with van der Waals surface area (Å²) in [5.41, 5.74) is 47.0. The van der Waals surface area contributed by atoms with Gasteiger partial charge in [0.2, 0.25) is 82.7 Å². The Balaban J connectivity index is 2.10. The van der Waals surface area contributed by atoms with Crippen LogP contribution >= 0.6 is 11.8 Å². The number of para-hydroxylation sites is 1. The van der Waals surface area contributed by atoms with Crippen LogP contribution < -0.4 is 131 Å². The zero-order valence-electron chi connectivity index (χ0n) is 74.2. The summed E-state index contributed by atoms with van der Waals surface area (Å²) in [6.07, 6.45) is 0.136. The van der Waals surface area contributed by atoms with Gasteiger partial charge in [-0.1, -0.05) is 62.4 Å². The number of thioether (sulfide) groups is 1. The fraction of sp³-hybridized carbons (Fsp3) is 0.598. The van der Waals surface area contributed by atoms with Gasteiger partial charge in [-0.05, 0) is 178 Å². The third kappa shape index (κ3) is 42.6. The summed E-state index contributed by atoms with van der Waals surface area (Å²) < 4.78 is 0. The van der Waals surface area contributed by atoms with Crippen LogP contribution in [0.25, 0.3) is 10.9 Å². The van der Waals surface area contributed by atoms with Crippen molar-refractivity contribution in [3.05, 3.63) is 71.9 Å². The standard InChI is InChI=1S/C82H136N28O19S/c1-44(2)65(78(127)106-58(79(128)129)29-19-38-96-82(92)93)110-73(122)53(26-13-16-35-85)99-68(117)54(27-17-36-94-80(88)89)101-72(121)57(32-39-130-5)104-76(125)61(42-63(113)114)109-70(119)55(28-18-37-95-81(90)91)100-71(120)56(30-31-62(86)112)103-75(124)60(41-48-43-97-50-23-10-9-22-49(48)50)108-69(118)52(25-12-15-34-84)102-74(123)59(40-47-20-7-6-8-21-47)107-66(115)45(3)98-67(116)51(24-11-14-33-83)105-77(126)64(87)46(4)111/h6-10,20-23,43-46,51-61,64-65,97,111H,11-19,24-42,83-85,87H2,1-5H3,(H2,86,112)(H,98,116)(H,99,117)(H,100,120)(H,101,121)(H,102,123)(H,103,124)(H,104,125)(H,105,126)(H,106,127)(H,107,115)(H,108,118)(H,109,119)(H,110,122)(H,113,114)(H,128,129)(H4,88,89,94)(H4,90,91,95)(H4,92,93,96)/t45-,46+,51-,52-,53-,54-,55-,56-,57-,58-,59-,60-,61-,64-,65-/m0/s1. The van der Waals surface area contributed by atoms with E-state index in [1.54, 1.807) is 80.9 Å². The highest BCUT2D eigenvalue weighted by Gasteiger charge is 2.39. The number of hydrogen-bond acceptors (Lipinski definition) is 25. The molecule has 0 radical (unpaired) electrons. The second-order valence-electron chi connectivity index (χ2n) is 31.7. The van der Waals surface area contributed by atoms with Crippen molar-refractivity contribution in [2.45, 2.75) is 253 Å². The maximum absolute atomic E-state index is 15.3. The molecule has 3 rings (SSSR count). The van der Waals surface area contributed by atoms with Crippen LogP contribution in [0.3, 0.4) is 0 Å². The summed E-state index contributed by atoms with van der Waals surface area (Å²) in [4.78, 5) is 229. The van der Waals surface area contributed by atoms with E-state index in [9.17, 15) is 77.6 Å². The van der Waals surface area contributed by atoms with Crippen molar-refractivity contribution in [2.24, 2.45) is 51.8 Å². The minimum Gasteiger partial charge on any atom is -0.481 e. The Hall–Kier alpha value is -12.5. The smallest absolute Gasteiger partial charge is 0.326 e. The van der Waals surface area contributed by atoms with Crippen LogP contribution in [0.1, 0.15) is 161 Å². The first-order valence-electron chi connectivity index (χ1n) is 43.2. The predicted molar refractivity (Wildman–Crippen MR) is 485 cm³/mol. The number of carboxylic acids is 2. The summed E-state index contributed by atoms with van der Waals surface area (Å²) in [6.45, 7) is 6.33. The highest BCUT2D eigenvalue weighted by Crippen LogP contribution is 2.21. The molecule has 0 unspecified atom stereocenters. The zero-order chi connectivity index (χ0) is 97.1. The number of rotatable bonds is 65. The number of aliphatic carboxylic acids is 2. The normalized spacial score (nSPS) is 14.6. The molecule has 47 nitrogen and oxygen atoms in total. The maximum Gasteiger partial charge on any atom is 0.326 e. The fourth-order valence-electron chi connectivity index (χ4n) is 13.3. The van der Waals surface area contributed by atoms with Crippen LogP contribution in [0.5, 0.6) is 0 Å². The number of carbonyl (C=O) groups is 16. The third-order valence-electron chi connectivity index (χ3n) is 20.6. The molecule has 39 N–H and O–H groups in total. The first kappa shape index (κ1) is 112. The Morgan fingerprint density at radius 2 is 0.754 bits per heavy atom. The number of fused-ring (bicyclic) bond motifs is 1. The topological polar surface area (TPSA) is 822 Å². The molecule has 2 aromatic carbocycles. The first-order valence-corrected chi connectivity index (χ1v) is 44.6. The van der Waals surface area contributed by atoms with Crippen molar-refractivity contribution in [3.8, 4) is 0 Å². The van der Waals surface area contributed by atoms with Crippen molar-refractivity contribution in [2.75, 3.05) is 51.3 Å². The van der Waals surface area contributed by atoms with E-state index in [2.05, 4.69) is 90.1 Å². The molecule has 14 amide bonds. The molecule has 0 saturated heterocycles. The van der Waals surface area contributed by atoms with Gasteiger partial charge >= 0.3 is 11.9 Å². The van der Waals surface area contributed by atoms with Gasteiger partial charge in [0.15, 0.2) is 17.9 Å². The number of carboxylic acid groups (broad SMARTS) is 2. The molecule has 0 saturated carbocycles. The van der Waals surface area contributed by atoms with Gasteiger partial charge in [-0.2, -0.15) is 11.8 Å². The lowest BCUT2D eigenvalue weighted by Gasteiger charge is -2.29. The lowest BCUT2D eigenvalue weighted by Crippen LogP contribution is -2.61. The second-order valence-corrected chi connectivity index (χ2v) is 32.7. The van der Waals surface area contributed by atoms with Crippen LogP contribution in [-0.4, -0.2) is 275 Å². The molecule has 0 aliphatic rings. The number of primary amides is 1. The van der Waals surface area contributed by atoms with Crippen molar-refractivity contribution < 1.29 is 92.0 Å². The number of aromatic amines is 1. The summed E-state index contributed by atoms with van der Waals surface area (Å²) in [5, 5.41) is 94.7. The number of nitrogens with one attached hydrogen (secondary N) is 20. The van der Waals surface area contributed by atoms with Gasteiger partial charge in [0, 0.05) is 56.0 Å². The van der Waals surface area contributed by atoms with E-state index in [4.69, 9.17) is 62.1 Å². The molecule has 0 fully saturated rings. The van der Waals surface area contributed by atoms with Gasteiger partial charge in [0.1, 0.15) is 84.6 Å². The molecule has 48 heteroatoms. The highest BCUT2D eigenvalue weighted by atomic mass is 32.2. The van der Waals surface area contributed by atoms with Crippen LogP contribution in [0, 0.1) is 22.1 Å². The van der Waals surface area contributed by atoms with Gasteiger partial charge in [0.05, 0.1) is 12.5 Å². The molecular weight excluding hydrogens is 1710 g/mol. The van der Waals surface area contributed by atoms with E-state index in [0.717, 1.165) is 0 Å². The fourth-order valence-corrected chi connectivity index (χ4v) is 13.8. The van der Waals surface area contributed by atoms with Gasteiger partial charge in [-0.15, -0.1) is 0 Å². The first-order chi connectivity index (χ1) is 61.6. The largest absolute Gasteiger partial charge is 0.481 e. The van der Waals surface area contributed by atoms with Crippen molar-refractivity contribution in [3.63, 3.8) is 0 Å². The number of carbonyl (C=O) groups excluding carboxylic acids is 14. The van der Waals surface area contributed by atoms with E-state index >= 15 is 14.4 Å². The lowest BCUT2D eigenvalue weighted by atomic mass is 10.0. The Morgan fingerprint density at radius 3 is 1.17 bits per heavy atom. The van der Waals surface area contributed by atoms with Gasteiger partial charge in [0.25, 0.3) is 0 Å². The zero-order valence-corrected chi connectivity index (χ0v) is 75.0. The molecular formula is C82H136N28O19S. The number of aliphatic hydroxyl groups is 1. The molecule has 3 aromatic rings. The van der Waals surface area contributed by atoms with Crippen molar-refractivity contribution >= 4 is 135 Å². The number of amides is 14. The minimum absolute atomic E-state index is 0.0204. The minimum atomic E-state index is -2.07. The number of guanidine groups is 3. The van der Waals surface area contributed by atoms with E-state index < -0.39 is 222 Å². The van der Waals surface area contributed by atoms with Crippen LogP contribution in [-0.2, 0) is 89.6 Å². The SMILES string of the molecule is CSCC[C@H](NC(=O)[C@H](CC(=O)O)NC(=O)[C@H](CCCNC(=N)N)NC(=O)[C@H](CCC(N)=O)NC(=O)[C@H](Cc1c[nH]c2ccccc12)NC(=O)[C@H](CCCCN)NC(=O)[C@H](Cc1ccccc1)NC(=O)[C@H](C)NC(=O)[C@H](CCCCN)NC(=O)[C@@H](N)[C@@H](C)O)C(=O)N[C@@H](CCCNC(=N)N)C(=O)N[C@@H](CCCCN)C(=O)N[C@H](C(=O)N[C@@H](CCCNC(=N)N)C(=O)O)C(C)C. The van der Waals surface area contributed by atoms with E-state index in [0.29, 0.717) is 47.7 Å². The van der Waals surface area contributed by atoms with Crippen LogP contribution in [0.15, 0.2) is 60.8 Å². The number of aromatic nitrogens is 1. The number of hydrogen-bond donors (Lipinski definition) is 31. The Kier molecular flexibility index (Phi) is 51.8. The molecule has 0 aliphatic carbocycles. The second kappa shape index (κ2) is 60.3. The number of H-pyrrole nitrogens is 1. The number of unbranched alkanes of at least 4 members (excludes halogenated alkanes) is 3. The quantitative estimate of drug-likeness (QED) is 0.0142. The monoisotopic (exact) mass is 1850 g/mol. The molecule has 0 spiro atoms. The van der Waals surface area contributed by atoms with Crippen molar-refractivity contribution in [1.29, 1.82) is 16.2 Å². The third-order valence-corrected chi connectivity index (χ3v) is 21.3. The Bertz CT molecular complexity index is 4240. The molecule has 15 atom stereocenters. The average Bonchev–Trinajstić information content (AvgIpc) is 1.76. The molecule has 1 aromatic heterocycles. The molecule has 1 heterocycles. The molecule has 724 valence electrons. The summed E-state index contributed by atoms with van der Waals surface area (Å²) in [7, 11) is 0. The lowest BCUT2D eigenvalue weighted by molar-refractivity contribution is -0.143. The van der Waals surface area contributed by atoms with E-state index in [1.165, 1.54) is 25.6 Å². The van der Waals surface area contributed by atoms with Gasteiger partial charge < -0.3 is 151 Å². The van der Waals surface area contributed by atoms with E-state index in [-0.39, 0.29) is 141 Å². The van der Waals surface area contributed by atoms with Crippen LogP contribution in [0.2, 0.25) is 0 Å². The number of benzene rings is 2. The predicted octanol–water partition coefficient (Wildman–Crippen LogP) is -6.61. The summed E-state index contributed by atoms with van der Waals surface area (Å²) in [6, 6.07) is -6.40. The van der Waals surface area contributed by atoms with E-state index in [1.807, 2.05) is 0 Å².